The van der Waals surface area contributed by atoms with Crippen LogP contribution in [0.2, 0.25) is 0 Å². The first-order valence-electron chi connectivity index (χ1n) is 6.79. The molecule has 0 saturated heterocycles. The standard InChI is InChI=1S/C14H29NO2/c1-12(2)9-10-15(5)14(16)8-6-7-11-17-13(3)4/h12-13H,6-11H2,1-5H3. The quantitative estimate of drug-likeness (QED) is 0.582. The molecule has 0 aromatic carbocycles. The van der Waals surface area contributed by atoms with Crippen molar-refractivity contribution in [3.8, 4) is 0 Å². The Hall–Kier alpha value is -0.570. The van der Waals surface area contributed by atoms with Gasteiger partial charge in [-0.3, -0.25) is 4.79 Å². The van der Waals surface area contributed by atoms with Crippen LogP contribution in [0.1, 0.15) is 53.4 Å². The Kier molecular flexibility index (Phi) is 9.14. The first-order valence-corrected chi connectivity index (χ1v) is 6.79. The zero-order valence-corrected chi connectivity index (χ0v) is 12.2. The fourth-order valence-corrected chi connectivity index (χ4v) is 1.46. The molecule has 0 aliphatic heterocycles. The highest BCUT2D eigenvalue weighted by Gasteiger charge is 2.08. The maximum Gasteiger partial charge on any atom is 0.222 e. The van der Waals surface area contributed by atoms with E-state index in [-0.39, 0.29) is 5.91 Å². The van der Waals surface area contributed by atoms with Crippen LogP contribution in [0.15, 0.2) is 0 Å². The summed E-state index contributed by atoms with van der Waals surface area (Å²) in [6.07, 6.45) is 3.92. The highest BCUT2D eigenvalue weighted by Crippen LogP contribution is 2.05. The van der Waals surface area contributed by atoms with E-state index in [1.807, 2.05) is 25.8 Å². The molecule has 0 fully saturated rings. The van der Waals surface area contributed by atoms with Crippen LogP contribution >= 0.6 is 0 Å². The van der Waals surface area contributed by atoms with Gasteiger partial charge in [0.25, 0.3) is 0 Å². The summed E-state index contributed by atoms with van der Waals surface area (Å²) in [6.45, 7) is 10.1. The molecule has 3 heteroatoms. The van der Waals surface area contributed by atoms with E-state index in [1.165, 1.54) is 0 Å². The minimum atomic E-state index is 0.259. The number of hydrogen-bond donors (Lipinski definition) is 0. The Bertz CT molecular complexity index is 202. The second kappa shape index (κ2) is 9.46. The Morgan fingerprint density at radius 3 is 2.35 bits per heavy atom. The molecule has 0 saturated carbocycles. The van der Waals surface area contributed by atoms with Crippen LogP contribution in [0, 0.1) is 5.92 Å². The summed E-state index contributed by atoms with van der Waals surface area (Å²) in [6, 6.07) is 0. The van der Waals surface area contributed by atoms with Gasteiger partial charge in [-0.05, 0) is 39.0 Å². The minimum absolute atomic E-state index is 0.259. The third kappa shape index (κ3) is 10.3. The lowest BCUT2D eigenvalue weighted by Crippen LogP contribution is -2.28. The number of rotatable bonds is 9. The molecular weight excluding hydrogens is 214 g/mol. The number of carbonyl (C=O) groups is 1. The van der Waals surface area contributed by atoms with Gasteiger partial charge in [0.2, 0.25) is 5.91 Å². The Morgan fingerprint density at radius 2 is 1.82 bits per heavy atom. The van der Waals surface area contributed by atoms with E-state index in [0.717, 1.165) is 32.4 Å². The predicted molar refractivity (Wildman–Crippen MR) is 72.0 cm³/mol. The van der Waals surface area contributed by atoms with Gasteiger partial charge in [0.15, 0.2) is 0 Å². The SMILES string of the molecule is CC(C)CCN(C)C(=O)CCCCOC(C)C. The summed E-state index contributed by atoms with van der Waals surface area (Å²) in [5.74, 6) is 0.917. The summed E-state index contributed by atoms with van der Waals surface area (Å²) >= 11 is 0. The molecule has 0 atom stereocenters. The van der Waals surface area contributed by atoms with Gasteiger partial charge in [-0.25, -0.2) is 0 Å². The van der Waals surface area contributed by atoms with Crippen LogP contribution in [0.4, 0.5) is 0 Å². The number of amides is 1. The molecule has 102 valence electrons. The number of ether oxygens (including phenoxy) is 1. The molecule has 0 spiro atoms. The van der Waals surface area contributed by atoms with E-state index >= 15 is 0 Å². The topological polar surface area (TPSA) is 29.5 Å². The van der Waals surface area contributed by atoms with E-state index in [4.69, 9.17) is 4.74 Å². The molecule has 0 aliphatic rings. The van der Waals surface area contributed by atoms with Gasteiger partial charge >= 0.3 is 0 Å². The van der Waals surface area contributed by atoms with Gasteiger partial charge in [0, 0.05) is 26.6 Å². The lowest BCUT2D eigenvalue weighted by molar-refractivity contribution is -0.130. The molecule has 0 heterocycles. The van der Waals surface area contributed by atoms with Crippen molar-refractivity contribution in [3.63, 3.8) is 0 Å². The molecule has 0 aromatic rings. The van der Waals surface area contributed by atoms with Crippen molar-refractivity contribution in [2.24, 2.45) is 5.92 Å². The van der Waals surface area contributed by atoms with Crippen molar-refractivity contribution in [1.29, 1.82) is 0 Å². The van der Waals surface area contributed by atoms with Gasteiger partial charge in [-0.2, -0.15) is 0 Å². The summed E-state index contributed by atoms with van der Waals surface area (Å²) in [7, 11) is 1.90. The minimum Gasteiger partial charge on any atom is -0.379 e. The average Bonchev–Trinajstić information content (AvgIpc) is 2.24. The molecule has 0 bridgehead atoms. The molecule has 0 radical (unpaired) electrons. The van der Waals surface area contributed by atoms with E-state index in [0.29, 0.717) is 18.4 Å². The van der Waals surface area contributed by atoms with Crippen molar-refractivity contribution in [1.82, 2.24) is 4.90 Å². The van der Waals surface area contributed by atoms with Crippen molar-refractivity contribution >= 4 is 5.91 Å². The van der Waals surface area contributed by atoms with Crippen molar-refractivity contribution in [2.45, 2.75) is 59.5 Å². The van der Waals surface area contributed by atoms with Crippen LogP contribution in [0.25, 0.3) is 0 Å². The molecule has 17 heavy (non-hydrogen) atoms. The third-order valence-corrected chi connectivity index (χ3v) is 2.70. The highest BCUT2D eigenvalue weighted by atomic mass is 16.5. The lowest BCUT2D eigenvalue weighted by atomic mass is 10.1. The summed E-state index contributed by atoms with van der Waals surface area (Å²) < 4.78 is 5.44. The molecule has 0 N–H and O–H groups in total. The second-order valence-electron chi connectivity index (χ2n) is 5.37. The van der Waals surface area contributed by atoms with Crippen LogP contribution in [0.5, 0.6) is 0 Å². The molecule has 0 unspecified atom stereocenters. The smallest absolute Gasteiger partial charge is 0.222 e. The molecule has 0 rings (SSSR count). The van der Waals surface area contributed by atoms with E-state index in [1.54, 1.807) is 0 Å². The van der Waals surface area contributed by atoms with Gasteiger partial charge in [0.1, 0.15) is 0 Å². The Balaban J connectivity index is 3.50. The largest absolute Gasteiger partial charge is 0.379 e. The molecule has 0 aliphatic carbocycles. The molecule has 3 nitrogen and oxygen atoms in total. The normalized spacial score (nSPS) is 11.2. The number of hydrogen-bond acceptors (Lipinski definition) is 2. The second-order valence-corrected chi connectivity index (χ2v) is 5.37. The number of carbonyl (C=O) groups excluding carboxylic acids is 1. The predicted octanol–water partition coefficient (Wildman–Crippen LogP) is 3.09. The van der Waals surface area contributed by atoms with E-state index < -0.39 is 0 Å². The Labute approximate surface area is 107 Å². The van der Waals surface area contributed by atoms with Crippen LogP contribution in [-0.4, -0.2) is 37.1 Å². The highest BCUT2D eigenvalue weighted by molar-refractivity contribution is 5.75. The number of nitrogens with zero attached hydrogens (tertiary/aromatic N) is 1. The van der Waals surface area contributed by atoms with Crippen LogP contribution in [0.3, 0.4) is 0 Å². The lowest BCUT2D eigenvalue weighted by Gasteiger charge is -2.18. The van der Waals surface area contributed by atoms with Crippen LogP contribution < -0.4 is 0 Å². The summed E-state index contributed by atoms with van der Waals surface area (Å²) in [5, 5.41) is 0. The molecular formula is C14H29NO2. The number of unbranched alkanes of at least 4 members (excludes halogenated alkanes) is 1. The fourth-order valence-electron chi connectivity index (χ4n) is 1.46. The first-order chi connectivity index (χ1) is 7.93. The average molecular weight is 243 g/mol. The summed E-state index contributed by atoms with van der Waals surface area (Å²) in [5.41, 5.74) is 0. The van der Waals surface area contributed by atoms with Gasteiger partial charge in [-0.15, -0.1) is 0 Å². The van der Waals surface area contributed by atoms with E-state index in [9.17, 15) is 4.79 Å². The summed E-state index contributed by atoms with van der Waals surface area (Å²) in [4.78, 5) is 13.6. The first kappa shape index (κ1) is 16.4. The molecule has 1 amide bonds. The van der Waals surface area contributed by atoms with Gasteiger partial charge in [0.05, 0.1) is 6.10 Å². The van der Waals surface area contributed by atoms with Crippen molar-refractivity contribution < 1.29 is 9.53 Å². The maximum atomic E-state index is 11.7. The Morgan fingerprint density at radius 1 is 1.18 bits per heavy atom. The van der Waals surface area contributed by atoms with E-state index in [2.05, 4.69) is 13.8 Å². The molecule has 0 aromatic heterocycles. The zero-order chi connectivity index (χ0) is 13.3. The monoisotopic (exact) mass is 243 g/mol. The zero-order valence-electron chi connectivity index (χ0n) is 12.2. The third-order valence-electron chi connectivity index (χ3n) is 2.70. The maximum absolute atomic E-state index is 11.7. The van der Waals surface area contributed by atoms with Gasteiger partial charge in [-0.1, -0.05) is 13.8 Å². The van der Waals surface area contributed by atoms with Crippen molar-refractivity contribution in [3.05, 3.63) is 0 Å². The fraction of sp³-hybridized carbons (Fsp3) is 0.929. The van der Waals surface area contributed by atoms with Gasteiger partial charge < -0.3 is 9.64 Å². The van der Waals surface area contributed by atoms with Crippen LogP contribution in [-0.2, 0) is 9.53 Å². The van der Waals surface area contributed by atoms with Crippen molar-refractivity contribution in [2.75, 3.05) is 20.2 Å².